The Morgan fingerprint density at radius 3 is 1.00 bits per heavy atom. The van der Waals surface area contributed by atoms with Crippen LogP contribution >= 0.6 is 0 Å². The molecule has 0 amide bonds. The quantitative estimate of drug-likeness (QED) is 0.101. The van der Waals surface area contributed by atoms with Gasteiger partial charge in [0.25, 0.3) is 0 Å². The number of hydrogen-bond acceptors (Lipinski definition) is 3. The van der Waals surface area contributed by atoms with E-state index in [1.165, 1.54) is 98.0 Å². The minimum atomic E-state index is 0.642. The molecule has 0 aliphatic heterocycles. The van der Waals surface area contributed by atoms with Crippen LogP contribution in [0, 0.1) is 13.1 Å². The van der Waals surface area contributed by atoms with Gasteiger partial charge < -0.3 is 9.13 Å². The molecule has 0 fully saturated rings. The lowest BCUT2D eigenvalue weighted by Crippen LogP contribution is -1.92. The molecule has 0 aliphatic rings. The molecule has 7 heteroatoms. The zero-order chi connectivity index (χ0) is 78.3. The Hall–Kier alpha value is -16.2. The summed E-state index contributed by atoms with van der Waals surface area (Å²) in [4.78, 5) is 21.6. The van der Waals surface area contributed by atoms with Gasteiger partial charge in [-0.1, -0.05) is 261 Å². The minimum absolute atomic E-state index is 0.642. The fraction of sp³-hybridized carbons (Fsp3) is 0. The first kappa shape index (κ1) is 68.6. The Kier molecular flexibility index (Phi) is 16.6. The number of aromatic nitrogens is 5. The fourth-order valence-corrected chi connectivity index (χ4v) is 18.2. The van der Waals surface area contributed by atoms with Crippen LogP contribution in [0.25, 0.3) is 229 Å². The molecule has 23 rings (SSSR count). The Bertz CT molecular complexity index is 8090. The zero-order valence-corrected chi connectivity index (χ0v) is 63.8. The summed E-state index contributed by atoms with van der Waals surface area (Å²) in [7, 11) is 0. The SMILES string of the molecule is [C-]#[N+]c1ccc2c(c1)c1cc(-c3ccc(-c4cc5c6ccccc6c(-c6ccc(-c7cccc8cccnc78)cc6)cc5c5ccccc45)cc3)ccc1n2-c1ccccc1.[C-]#[N+]c1ccc2c(c1)c1cc(-c3ccc(-c4cc5c6ccccc6c(-c6cccc(-c7ccncc7)n6)cc5c5ccccc45)cc3)ccc1n2-c1ccccc1. The summed E-state index contributed by atoms with van der Waals surface area (Å²) < 4.78 is 4.59. The molecule has 0 spiro atoms. The maximum atomic E-state index is 7.71. The molecule has 118 heavy (non-hydrogen) atoms. The van der Waals surface area contributed by atoms with Crippen LogP contribution in [0.4, 0.5) is 11.4 Å². The van der Waals surface area contributed by atoms with Crippen LogP contribution in [0.15, 0.2) is 407 Å². The average Bonchev–Trinajstić information content (AvgIpc) is 1.27. The van der Waals surface area contributed by atoms with E-state index in [9.17, 15) is 0 Å². The maximum Gasteiger partial charge on any atom is 0.188 e. The Morgan fingerprint density at radius 1 is 0.212 bits per heavy atom. The smallest absolute Gasteiger partial charge is 0.188 e. The molecule has 18 aromatic carbocycles. The zero-order valence-electron chi connectivity index (χ0n) is 63.8. The van der Waals surface area contributed by atoms with E-state index in [2.05, 4.69) is 357 Å². The lowest BCUT2D eigenvalue weighted by Gasteiger charge is -2.16. The van der Waals surface area contributed by atoms with Gasteiger partial charge in [0.2, 0.25) is 0 Å². The van der Waals surface area contributed by atoms with Crippen molar-refractivity contribution >= 4 is 131 Å². The van der Waals surface area contributed by atoms with Gasteiger partial charge in [0.05, 0.1) is 52.1 Å². The van der Waals surface area contributed by atoms with Crippen molar-refractivity contribution in [3.8, 4) is 101 Å². The maximum absolute atomic E-state index is 7.71. The highest BCUT2D eigenvalue weighted by Gasteiger charge is 2.22. The highest BCUT2D eigenvalue weighted by molar-refractivity contribution is 6.26. The normalized spacial score (nSPS) is 11.5. The second-order valence-corrected chi connectivity index (χ2v) is 30.3. The van der Waals surface area contributed by atoms with Crippen LogP contribution in [0.5, 0.6) is 0 Å². The molecule has 0 N–H and O–H groups in total. The monoisotopic (exact) mass is 1500 g/mol. The first-order valence-electron chi connectivity index (χ1n) is 39.7. The van der Waals surface area contributed by atoms with Crippen molar-refractivity contribution in [3.05, 3.63) is 430 Å². The first-order valence-corrected chi connectivity index (χ1v) is 39.7. The average molecular weight is 1500 g/mol. The summed E-state index contributed by atoms with van der Waals surface area (Å²) in [5, 5.41) is 20.2. The minimum Gasteiger partial charge on any atom is -0.309 e. The standard InChI is InChI=1S/C58H35N3.C53H32N4/c1-59-43-29-31-57-55(34-43)54-33-42(28-30-56(54)61(57)44-13-3-2-4-14-44)37-20-22-39(23-21-37)50-35-52-49-18-8-6-16-47(49)51(36-53(52)48-17-7-5-15-46(48)50)40-26-24-38(25-27-40)45-19-9-11-41-12-10-32-60-58(41)45;1-54-38-23-25-53-49(31-38)48-30-37(22-24-52(48)57(53)39-10-3-2-4-11-39)34-18-20-35(21-19-34)44-32-45-42-14-7-8-15-43(42)47(33-46(45)41-13-6-5-12-40(41)44)51-17-9-16-50(56-51)36-26-28-55-29-27-36/h2-36H;2-33H. The van der Waals surface area contributed by atoms with Crippen molar-refractivity contribution < 1.29 is 0 Å². The topological polar surface area (TPSA) is 57.2 Å². The van der Waals surface area contributed by atoms with Crippen LogP contribution in [-0.4, -0.2) is 24.1 Å². The van der Waals surface area contributed by atoms with Crippen LogP contribution in [0.1, 0.15) is 0 Å². The molecule has 546 valence electrons. The summed E-state index contributed by atoms with van der Waals surface area (Å²) in [6.45, 7) is 15.4. The number of pyridine rings is 3. The van der Waals surface area contributed by atoms with Crippen molar-refractivity contribution in [2.45, 2.75) is 0 Å². The van der Waals surface area contributed by atoms with Crippen LogP contribution < -0.4 is 0 Å². The fourth-order valence-electron chi connectivity index (χ4n) is 18.2. The van der Waals surface area contributed by atoms with Gasteiger partial charge in [-0.05, 0) is 264 Å². The molecular weight excluding hydrogens is 1430 g/mol. The van der Waals surface area contributed by atoms with Gasteiger partial charge in [0.15, 0.2) is 11.4 Å². The molecule has 5 aromatic heterocycles. The summed E-state index contributed by atoms with van der Waals surface area (Å²) >= 11 is 0. The number of fused-ring (bicyclic) bond motifs is 17. The predicted octanol–water partition coefficient (Wildman–Crippen LogP) is 30.3. The van der Waals surface area contributed by atoms with Crippen molar-refractivity contribution in [3.63, 3.8) is 0 Å². The number of rotatable bonds is 10. The molecule has 0 saturated heterocycles. The Labute approximate surface area is 680 Å². The van der Waals surface area contributed by atoms with Gasteiger partial charge in [-0.15, -0.1) is 0 Å². The Morgan fingerprint density at radius 2 is 0.559 bits per heavy atom. The van der Waals surface area contributed by atoms with Crippen LogP contribution in [-0.2, 0) is 0 Å². The Balaban J connectivity index is 0.000000143. The van der Waals surface area contributed by atoms with Crippen molar-refractivity contribution in [1.29, 1.82) is 0 Å². The summed E-state index contributed by atoms with van der Waals surface area (Å²) in [6, 6.07) is 139. The van der Waals surface area contributed by atoms with Crippen molar-refractivity contribution in [2.75, 3.05) is 0 Å². The highest BCUT2D eigenvalue weighted by atomic mass is 15.0. The highest BCUT2D eigenvalue weighted by Crippen LogP contribution is 2.47. The van der Waals surface area contributed by atoms with Crippen molar-refractivity contribution in [2.24, 2.45) is 0 Å². The van der Waals surface area contributed by atoms with E-state index in [0.717, 1.165) is 122 Å². The predicted molar refractivity (Wildman–Crippen MR) is 494 cm³/mol. The van der Waals surface area contributed by atoms with E-state index in [-0.39, 0.29) is 0 Å². The molecule has 23 aromatic rings. The second-order valence-electron chi connectivity index (χ2n) is 30.3. The lowest BCUT2D eigenvalue weighted by molar-refractivity contribution is 1.18. The molecule has 0 radical (unpaired) electrons. The lowest BCUT2D eigenvalue weighted by atomic mass is 9.87. The second kappa shape index (κ2) is 28.5. The van der Waals surface area contributed by atoms with E-state index in [0.29, 0.717) is 11.4 Å². The molecule has 5 heterocycles. The van der Waals surface area contributed by atoms with E-state index in [1.807, 2.05) is 73.2 Å². The number of hydrogen-bond donors (Lipinski definition) is 0. The third kappa shape index (κ3) is 11.7. The number of nitrogens with zero attached hydrogens (tertiary/aromatic N) is 7. The van der Waals surface area contributed by atoms with Gasteiger partial charge in [-0.2, -0.15) is 0 Å². The summed E-state index contributed by atoms with van der Waals surface area (Å²) in [5.74, 6) is 0. The third-order valence-corrected chi connectivity index (χ3v) is 23.7. The van der Waals surface area contributed by atoms with Gasteiger partial charge >= 0.3 is 0 Å². The molecule has 0 unspecified atom stereocenters. The third-order valence-electron chi connectivity index (χ3n) is 23.7. The van der Waals surface area contributed by atoms with Crippen LogP contribution in [0.2, 0.25) is 0 Å². The molecule has 0 atom stereocenters. The summed E-state index contributed by atoms with van der Waals surface area (Å²) in [6.07, 6.45) is 5.49. The first-order chi connectivity index (χ1) is 58.4. The number of benzene rings is 18. The molecule has 0 bridgehead atoms. The molecule has 0 saturated carbocycles. The van der Waals surface area contributed by atoms with E-state index < -0.39 is 0 Å². The van der Waals surface area contributed by atoms with Gasteiger partial charge in [0, 0.05) is 62.8 Å². The van der Waals surface area contributed by atoms with Crippen LogP contribution in [0.3, 0.4) is 0 Å². The largest absolute Gasteiger partial charge is 0.309 e. The molecular formula is C111H67N7. The van der Waals surface area contributed by atoms with Crippen molar-refractivity contribution in [1.82, 2.24) is 24.1 Å². The van der Waals surface area contributed by atoms with Gasteiger partial charge in [-0.3, -0.25) is 9.97 Å². The molecule has 7 nitrogen and oxygen atoms in total. The van der Waals surface area contributed by atoms with Gasteiger partial charge in [-0.25, -0.2) is 14.7 Å². The van der Waals surface area contributed by atoms with Gasteiger partial charge in [0.1, 0.15) is 0 Å². The van der Waals surface area contributed by atoms with E-state index >= 15 is 0 Å². The van der Waals surface area contributed by atoms with E-state index in [1.54, 1.807) is 0 Å². The number of para-hydroxylation sites is 3. The molecule has 0 aliphatic carbocycles. The summed E-state index contributed by atoms with van der Waals surface area (Å²) in [5.41, 5.74) is 27.0. The van der Waals surface area contributed by atoms with E-state index in [4.69, 9.17) is 23.1 Å².